The lowest BCUT2D eigenvalue weighted by molar-refractivity contribution is 0.0491. The van der Waals surface area contributed by atoms with Crippen molar-refractivity contribution in [3.05, 3.63) is 0 Å². The fourth-order valence-corrected chi connectivity index (χ4v) is 3.68. The van der Waals surface area contributed by atoms with Crippen molar-refractivity contribution in [1.29, 1.82) is 0 Å². The van der Waals surface area contributed by atoms with Crippen LogP contribution in [0.4, 0.5) is 0 Å². The van der Waals surface area contributed by atoms with Crippen molar-refractivity contribution in [3.63, 3.8) is 0 Å². The predicted octanol–water partition coefficient (Wildman–Crippen LogP) is 2.59. The summed E-state index contributed by atoms with van der Waals surface area (Å²) in [6.07, 6.45) is 1.33. The zero-order chi connectivity index (χ0) is 12.1. The van der Waals surface area contributed by atoms with Crippen molar-refractivity contribution >= 4 is 0 Å². The van der Waals surface area contributed by atoms with Crippen molar-refractivity contribution in [3.8, 4) is 0 Å². The number of hydrogen-bond donors (Lipinski definition) is 0. The van der Waals surface area contributed by atoms with Gasteiger partial charge in [-0.2, -0.15) is 0 Å². The highest BCUT2D eigenvalue weighted by Crippen LogP contribution is 2.38. The summed E-state index contributed by atoms with van der Waals surface area (Å²) in [5, 5.41) is 0. The highest BCUT2D eigenvalue weighted by atomic mass is 15.3. The third-order valence-electron chi connectivity index (χ3n) is 4.28. The molecular formula is C14H28N2. The van der Waals surface area contributed by atoms with E-state index in [9.17, 15) is 0 Å². The van der Waals surface area contributed by atoms with Crippen LogP contribution in [-0.4, -0.2) is 46.6 Å². The lowest BCUT2D eigenvalue weighted by Gasteiger charge is -2.43. The maximum atomic E-state index is 2.69. The Hall–Kier alpha value is -0.0800. The Kier molecular flexibility index (Phi) is 2.87. The molecule has 2 heteroatoms. The van der Waals surface area contributed by atoms with E-state index in [2.05, 4.69) is 51.3 Å². The molecule has 2 aliphatic heterocycles. The van der Waals surface area contributed by atoms with Gasteiger partial charge in [-0.15, -0.1) is 0 Å². The van der Waals surface area contributed by atoms with E-state index < -0.39 is 0 Å². The maximum Gasteiger partial charge on any atom is 0.0241 e. The molecular weight excluding hydrogens is 196 g/mol. The van der Waals surface area contributed by atoms with Crippen molar-refractivity contribution < 1.29 is 0 Å². The van der Waals surface area contributed by atoms with Gasteiger partial charge in [0.15, 0.2) is 0 Å². The van der Waals surface area contributed by atoms with Crippen LogP contribution in [0.5, 0.6) is 0 Å². The molecule has 16 heavy (non-hydrogen) atoms. The molecule has 2 aliphatic rings. The van der Waals surface area contributed by atoms with E-state index in [1.807, 2.05) is 0 Å². The summed E-state index contributed by atoms with van der Waals surface area (Å²) in [7, 11) is 0. The van der Waals surface area contributed by atoms with Gasteiger partial charge >= 0.3 is 0 Å². The molecule has 2 heterocycles. The quantitative estimate of drug-likeness (QED) is 0.675. The summed E-state index contributed by atoms with van der Waals surface area (Å²) in [6, 6.07) is 0.797. The van der Waals surface area contributed by atoms with Crippen LogP contribution in [0.1, 0.15) is 48.0 Å². The summed E-state index contributed by atoms with van der Waals surface area (Å²) >= 11 is 0. The molecule has 2 saturated heterocycles. The van der Waals surface area contributed by atoms with Gasteiger partial charge in [0, 0.05) is 36.8 Å². The van der Waals surface area contributed by atoms with Gasteiger partial charge in [0.1, 0.15) is 0 Å². The number of likely N-dealkylation sites (tertiary alicyclic amines) is 2. The van der Waals surface area contributed by atoms with Crippen LogP contribution in [0.15, 0.2) is 0 Å². The molecule has 0 N–H and O–H groups in total. The highest BCUT2D eigenvalue weighted by Gasteiger charge is 2.46. The SMILES string of the molecule is CC1CN([C@H]2CN(C(C)(C)C)C(C)(C)C2)C1. The molecule has 0 spiro atoms. The van der Waals surface area contributed by atoms with E-state index in [1.54, 1.807) is 0 Å². The Morgan fingerprint density at radius 1 is 1.06 bits per heavy atom. The van der Waals surface area contributed by atoms with E-state index in [-0.39, 0.29) is 0 Å². The summed E-state index contributed by atoms with van der Waals surface area (Å²) in [5.74, 6) is 0.923. The van der Waals surface area contributed by atoms with E-state index in [4.69, 9.17) is 0 Å². The first kappa shape index (κ1) is 12.4. The normalized spacial score (nSPS) is 33.0. The average molecular weight is 224 g/mol. The largest absolute Gasteiger partial charge is 0.298 e. The first-order valence-electron chi connectivity index (χ1n) is 6.72. The number of rotatable bonds is 1. The van der Waals surface area contributed by atoms with Gasteiger partial charge in [0.05, 0.1) is 0 Å². The standard InChI is InChI=1S/C14H28N2/c1-11-8-15(9-11)12-7-14(5,6)16(10-12)13(2,3)4/h11-12H,7-10H2,1-6H3/t12-/m1/s1. The molecule has 1 atom stereocenters. The van der Waals surface area contributed by atoms with Crippen molar-refractivity contribution in [2.45, 2.75) is 65.1 Å². The minimum atomic E-state index is 0.300. The number of nitrogens with zero attached hydrogens (tertiary/aromatic N) is 2. The highest BCUT2D eigenvalue weighted by molar-refractivity contribution is 5.03. The maximum absolute atomic E-state index is 2.69. The Morgan fingerprint density at radius 2 is 1.62 bits per heavy atom. The van der Waals surface area contributed by atoms with Crippen LogP contribution in [0.3, 0.4) is 0 Å². The molecule has 2 rings (SSSR count). The molecule has 2 fully saturated rings. The van der Waals surface area contributed by atoms with Crippen LogP contribution in [0.25, 0.3) is 0 Å². The van der Waals surface area contributed by atoms with Gasteiger partial charge in [-0.1, -0.05) is 6.92 Å². The topological polar surface area (TPSA) is 6.48 Å². The molecule has 0 unspecified atom stereocenters. The Balaban J connectivity index is 2.03. The summed E-state index contributed by atoms with van der Waals surface area (Å²) < 4.78 is 0. The molecule has 2 nitrogen and oxygen atoms in total. The molecule has 0 aromatic rings. The lowest BCUT2D eigenvalue weighted by atomic mass is 9.93. The third-order valence-corrected chi connectivity index (χ3v) is 4.28. The van der Waals surface area contributed by atoms with E-state index in [0.717, 1.165) is 12.0 Å². The smallest absolute Gasteiger partial charge is 0.0241 e. The van der Waals surface area contributed by atoms with Crippen molar-refractivity contribution in [2.75, 3.05) is 19.6 Å². The molecule has 0 amide bonds. The van der Waals surface area contributed by atoms with Gasteiger partial charge in [0.25, 0.3) is 0 Å². The molecule has 0 bridgehead atoms. The molecule has 0 saturated carbocycles. The molecule has 0 radical (unpaired) electrons. The van der Waals surface area contributed by atoms with Gasteiger partial charge < -0.3 is 0 Å². The van der Waals surface area contributed by atoms with Gasteiger partial charge in [-0.3, -0.25) is 9.80 Å². The van der Waals surface area contributed by atoms with E-state index in [0.29, 0.717) is 11.1 Å². The van der Waals surface area contributed by atoms with E-state index in [1.165, 1.54) is 26.1 Å². The Morgan fingerprint density at radius 3 is 2.00 bits per heavy atom. The molecule has 0 aromatic heterocycles. The van der Waals surface area contributed by atoms with E-state index >= 15 is 0 Å². The average Bonchev–Trinajstić information content (AvgIpc) is 2.34. The second-order valence-electron chi connectivity index (χ2n) is 7.51. The predicted molar refractivity (Wildman–Crippen MR) is 69.7 cm³/mol. The third kappa shape index (κ3) is 2.14. The van der Waals surface area contributed by atoms with Crippen LogP contribution in [0, 0.1) is 5.92 Å². The van der Waals surface area contributed by atoms with Crippen molar-refractivity contribution in [1.82, 2.24) is 9.80 Å². The van der Waals surface area contributed by atoms with Crippen molar-refractivity contribution in [2.24, 2.45) is 5.92 Å². The molecule has 0 aliphatic carbocycles. The number of hydrogen-bond acceptors (Lipinski definition) is 2. The second-order valence-corrected chi connectivity index (χ2v) is 7.51. The lowest BCUT2D eigenvalue weighted by Crippen LogP contribution is -2.53. The summed E-state index contributed by atoms with van der Waals surface area (Å²) in [4.78, 5) is 5.37. The Labute approximate surface area is 101 Å². The molecule has 94 valence electrons. The minimum absolute atomic E-state index is 0.300. The van der Waals surface area contributed by atoms with Crippen LogP contribution in [0.2, 0.25) is 0 Å². The fraction of sp³-hybridized carbons (Fsp3) is 1.00. The zero-order valence-corrected chi connectivity index (χ0v) is 11.9. The Bertz CT molecular complexity index is 258. The summed E-state index contributed by atoms with van der Waals surface area (Å²) in [6.45, 7) is 18.1. The van der Waals surface area contributed by atoms with Crippen LogP contribution in [-0.2, 0) is 0 Å². The van der Waals surface area contributed by atoms with Gasteiger partial charge in [-0.05, 0) is 47.0 Å². The fourth-order valence-electron chi connectivity index (χ4n) is 3.68. The van der Waals surface area contributed by atoms with Gasteiger partial charge in [0.2, 0.25) is 0 Å². The minimum Gasteiger partial charge on any atom is -0.298 e. The summed E-state index contributed by atoms with van der Waals surface area (Å²) in [5.41, 5.74) is 0.663. The van der Waals surface area contributed by atoms with Crippen LogP contribution >= 0.6 is 0 Å². The van der Waals surface area contributed by atoms with Gasteiger partial charge in [-0.25, -0.2) is 0 Å². The first-order chi connectivity index (χ1) is 7.20. The zero-order valence-electron chi connectivity index (χ0n) is 11.9. The monoisotopic (exact) mass is 224 g/mol. The second kappa shape index (κ2) is 3.71. The molecule has 0 aromatic carbocycles. The van der Waals surface area contributed by atoms with Crippen LogP contribution < -0.4 is 0 Å². The first-order valence-corrected chi connectivity index (χ1v) is 6.72.